The molecule has 0 aliphatic rings. The van der Waals surface area contributed by atoms with Gasteiger partial charge in [0.1, 0.15) is 6.54 Å². The van der Waals surface area contributed by atoms with Gasteiger partial charge in [-0.05, 0) is 18.8 Å². The number of carboxylic acid groups (broad SMARTS) is 1. The van der Waals surface area contributed by atoms with E-state index < -0.39 is 5.97 Å². The number of amides is 1. The van der Waals surface area contributed by atoms with Gasteiger partial charge in [-0.25, -0.2) is 9.48 Å². The molecule has 118 valence electrons. The Kier molecular flexibility index (Phi) is 6.33. The molecule has 0 radical (unpaired) electrons. The molecule has 0 aromatic carbocycles. The lowest BCUT2D eigenvalue weighted by Crippen LogP contribution is -2.35. The number of nitrogens with zero attached hydrogens (tertiary/aromatic N) is 4. The summed E-state index contributed by atoms with van der Waals surface area (Å²) in [6, 6.07) is 0. The molecule has 1 amide bonds. The molecule has 1 aromatic heterocycles. The molecule has 0 saturated heterocycles. The zero-order valence-corrected chi connectivity index (χ0v) is 13.2. The number of hydrogen-bond donors (Lipinski definition) is 1. The Bertz CT molecular complexity index is 490. The van der Waals surface area contributed by atoms with Gasteiger partial charge in [0.2, 0.25) is 5.91 Å². The number of aromatic nitrogens is 3. The minimum Gasteiger partial charge on any atom is -0.476 e. The number of carboxylic acids is 1. The second-order valence-electron chi connectivity index (χ2n) is 5.32. The number of carbonyl (C=O) groups excluding carboxylic acids is 1. The Morgan fingerprint density at radius 1 is 1.24 bits per heavy atom. The first-order valence-electron chi connectivity index (χ1n) is 7.36. The third kappa shape index (κ3) is 4.27. The summed E-state index contributed by atoms with van der Waals surface area (Å²) in [6.45, 7) is 9.20. The predicted molar refractivity (Wildman–Crippen MR) is 78.2 cm³/mol. The number of carbonyl (C=O) groups is 2. The minimum absolute atomic E-state index is 0.0355. The van der Waals surface area contributed by atoms with Gasteiger partial charge in [0.05, 0.1) is 5.69 Å². The molecule has 1 rings (SSSR count). The van der Waals surface area contributed by atoms with Crippen LogP contribution in [0, 0.1) is 0 Å². The SMILES string of the molecule is CCCN(CCC)C(=O)Cn1nnc(C(=O)O)c1C(C)C. The van der Waals surface area contributed by atoms with Gasteiger partial charge < -0.3 is 10.0 Å². The first-order chi connectivity index (χ1) is 9.92. The van der Waals surface area contributed by atoms with Crippen LogP contribution in [0.2, 0.25) is 0 Å². The Morgan fingerprint density at radius 2 is 1.81 bits per heavy atom. The van der Waals surface area contributed by atoms with Gasteiger partial charge >= 0.3 is 5.97 Å². The monoisotopic (exact) mass is 296 g/mol. The fourth-order valence-corrected chi connectivity index (χ4v) is 2.29. The number of rotatable bonds is 8. The van der Waals surface area contributed by atoms with Gasteiger partial charge in [-0.1, -0.05) is 32.9 Å². The van der Waals surface area contributed by atoms with E-state index in [-0.39, 0.29) is 24.1 Å². The largest absolute Gasteiger partial charge is 0.476 e. The van der Waals surface area contributed by atoms with Crippen molar-refractivity contribution >= 4 is 11.9 Å². The van der Waals surface area contributed by atoms with Crippen molar-refractivity contribution in [2.75, 3.05) is 13.1 Å². The average Bonchev–Trinajstić information content (AvgIpc) is 2.82. The van der Waals surface area contributed by atoms with E-state index in [0.717, 1.165) is 12.8 Å². The summed E-state index contributed by atoms with van der Waals surface area (Å²) in [5, 5.41) is 16.7. The molecule has 0 atom stereocenters. The van der Waals surface area contributed by atoms with E-state index in [0.29, 0.717) is 18.8 Å². The molecule has 0 fully saturated rings. The summed E-state index contributed by atoms with van der Waals surface area (Å²) in [5.74, 6) is -1.23. The van der Waals surface area contributed by atoms with E-state index in [1.54, 1.807) is 4.90 Å². The zero-order valence-electron chi connectivity index (χ0n) is 13.2. The van der Waals surface area contributed by atoms with Crippen molar-refractivity contribution < 1.29 is 14.7 Å². The van der Waals surface area contributed by atoms with Crippen LogP contribution in [0.4, 0.5) is 0 Å². The molecule has 21 heavy (non-hydrogen) atoms. The van der Waals surface area contributed by atoms with Gasteiger partial charge in [0.15, 0.2) is 5.69 Å². The summed E-state index contributed by atoms with van der Waals surface area (Å²) >= 11 is 0. The quantitative estimate of drug-likeness (QED) is 0.789. The number of hydrogen-bond acceptors (Lipinski definition) is 4. The number of aromatic carboxylic acids is 1. The smallest absolute Gasteiger partial charge is 0.358 e. The highest BCUT2D eigenvalue weighted by Crippen LogP contribution is 2.17. The second kappa shape index (κ2) is 7.75. The topological polar surface area (TPSA) is 88.3 Å². The standard InChI is InChI=1S/C14H24N4O3/c1-5-7-17(8-6-2)11(19)9-18-13(10(3)4)12(14(20)21)15-16-18/h10H,5-9H2,1-4H3,(H,20,21). The predicted octanol–water partition coefficient (Wildman–Crippen LogP) is 1.75. The van der Waals surface area contributed by atoms with Crippen molar-refractivity contribution in [3.8, 4) is 0 Å². The van der Waals surface area contributed by atoms with Gasteiger partial charge in [0.25, 0.3) is 0 Å². The molecule has 1 heterocycles. The summed E-state index contributed by atoms with van der Waals surface area (Å²) in [7, 11) is 0. The molecule has 7 heteroatoms. The molecular formula is C14H24N4O3. The molecular weight excluding hydrogens is 272 g/mol. The van der Waals surface area contributed by atoms with Gasteiger partial charge in [0, 0.05) is 13.1 Å². The molecule has 1 N–H and O–H groups in total. The normalized spacial score (nSPS) is 10.9. The maximum Gasteiger partial charge on any atom is 0.358 e. The van der Waals surface area contributed by atoms with Crippen molar-refractivity contribution in [2.24, 2.45) is 0 Å². The molecule has 7 nitrogen and oxygen atoms in total. The zero-order chi connectivity index (χ0) is 16.0. The summed E-state index contributed by atoms with van der Waals surface area (Å²) in [5.41, 5.74) is 0.416. The van der Waals surface area contributed by atoms with E-state index in [2.05, 4.69) is 10.3 Å². The second-order valence-corrected chi connectivity index (χ2v) is 5.32. The highest BCUT2D eigenvalue weighted by atomic mass is 16.4. The van der Waals surface area contributed by atoms with Crippen LogP contribution in [0.25, 0.3) is 0 Å². The minimum atomic E-state index is -1.11. The maximum atomic E-state index is 12.3. The third-order valence-corrected chi connectivity index (χ3v) is 3.15. The van der Waals surface area contributed by atoms with Crippen molar-refractivity contribution in [1.82, 2.24) is 19.9 Å². The molecule has 1 aromatic rings. The lowest BCUT2D eigenvalue weighted by Gasteiger charge is -2.22. The van der Waals surface area contributed by atoms with Gasteiger partial charge in [-0.3, -0.25) is 4.79 Å². The van der Waals surface area contributed by atoms with E-state index in [1.165, 1.54) is 4.68 Å². The van der Waals surface area contributed by atoms with Gasteiger partial charge in [-0.2, -0.15) is 0 Å². The Labute approximate surface area is 124 Å². The van der Waals surface area contributed by atoms with Crippen molar-refractivity contribution in [1.29, 1.82) is 0 Å². The molecule has 0 saturated carbocycles. The van der Waals surface area contributed by atoms with Crippen LogP contribution in [-0.4, -0.2) is 50.0 Å². The van der Waals surface area contributed by atoms with Crippen LogP contribution in [0.1, 0.15) is 62.6 Å². The van der Waals surface area contributed by atoms with Crippen molar-refractivity contribution in [3.05, 3.63) is 11.4 Å². The van der Waals surface area contributed by atoms with Gasteiger partial charge in [-0.15, -0.1) is 5.10 Å². The van der Waals surface area contributed by atoms with Crippen LogP contribution in [0.15, 0.2) is 0 Å². The first kappa shape index (κ1) is 17.1. The van der Waals surface area contributed by atoms with Crippen molar-refractivity contribution in [3.63, 3.8) is 0 Å². The fourth-order valence-electron chi connectivity index (χ4n) is 2.29. The molecule has 0 unspecified atom stereocenters. The summed E-state index contributed by atoms with van der Waals surface area (Å²) in [6.07, 6.45) is 1.78. The van der Waals surface area contributed by atoms with Crippen LogP contribution in [-0.2, 0) is 11.3 Å². The average molecular weight is 296 g/mol. The van der Waals surface area contributed by atoms with Crippen LogP contribution in [0.3, 0.4) is 0 Å². The van der Waals surface area contributed by atoms with Crippen LogP contribution in [0.5, 0.6) is 0 Å². The van der Waals surface area contributed by atoms with Crippen LogP contribution >= 0.6 is 0 Å². The van der Waals surface area contributed by atoms with E-state index in [1.807, 2.05) is 27.7 Å². The Morgan fingerprint density at radius 3 is 2.24 bits per heavy atom. The van der Waals surface area contributed by atoms with Crippen molar-refractivity contribution in [2.45, 2.75) is 53.0 Å². The fraction of sp³-hybridized carbons (Fsp3) is 0.714. The lowest BCUT2D eigenvalue weighted by atomic mass is 10.1. The van der Waals surface area contributed by atoms with E-state index in [4.69, 9.17) is 5.11 Å². The third-order valence-electron chi connectivity index (χ3n) is 3.15. The Hall–Kier alpha value is -1.92. The highest BCUT2D eigenvalue weighted by molar-refractivity contribution is 5.86. The highest BCUT2D eigenvalue weighted by Gasteiger charge is 2.23. The molecule has 0 aliphatic heterocycles. The molecule has 0 aliphatic carbocycles. The molecule has 0 bridgehead atoms. The first-order valence-corrected chi connectivity index (χ1v) is 7.36. The lowest BCUT2D eigenvalue weighted by molar-refractivity contribution is -0.132. The van der Waals surface area contributed by atoms with Crippen LogP contribution < -0.4 is 0 Å². The Balaban J connectivity index is 2.96. The van der Waals surface area contributed by atoms with E-state index >= 15 is 0 Å². The van der Waals surface area contributed by atoms with E-state index in [9.17, 15) is 9.59 Å². The summed E-state index contributed by atoms with van der Waals surface area (Å²) < 4.78 is 1.41. The maximum absolute atomic E-state index is 12.3. The summed E-state index contributed by atoms with van der Waals surface area (Å²) in [4.78, 5) is 25.3. The molecule has 0 spiro atoms.